The highest BCUT2D eigenvalue weighted by molar-refractivity contribution is 6.07. The molecular weight excluding hydrogens is 547 g/mol. The van der Waals surface area contributed by atoms with E-state index in [0.29, 0.717) is 28.3 Å². The number of hydrogen-bond acceptors (Lipinski definition) is 7. The van der Waals surface area contributed by atoms with Crippen molar-refractivity contribution in [2.75, 3.05) is 13.7 Å². The van der Waals surface area contributed by atoms with E-state index in [1.165, 1.54) is 11.0 Å². The Kier molecular flexibility index (Phi) is 8.28. The standard InChI is InChI=1S/C32H35BN4O6/c1-5-20-16-32(20,31(40)41)35-29(38)26-14-22(17-37(26)30(39)28(36-33)18(2)3)43-27-15-24(19-9-7-6-8-10-19)34-25-13-21(42-4)11-12-23(25)27/h5-13,15,20,22,26,28,36H,1-2,14,16-17,33H2,3-4H3,(H,35,38)(H,40,41)/t20-,22+,26-,28?,32+/m0/s1. The first-order valence-electron chi connectivity index (χ1n) is 14.1. The molecule has 2 fully saturated rings. The molecule has 3 N–H and O–H groups in total. The van der Waals surface area contributed by atoms with Gasteiger partial charge in [-0.1, -0.05) is 48.6 Å². The predicted octanol–water partition coefficient (Wildman–Crippen LogP) is 2.49. The maximum absolute atomic E-state index is 13.7. The van der Waals surface area contributed by atoms with Crippen LogP contribution in [0.3, 0.4) is 0 Å². The average molecular weight is 582 g/mol. The van der Waals surface area contributed by atoms with Crippen molar-refractivity contribution in [1.82, 2.24) is 20.4 Å². The molecule has 0 spiro atoms. The summed E-state index contributed by atoms with van der Waals surface area (Å²) in [4.78, 5) is 45.7. The van der Waals surface area contributed by atoms with Gasteiger partial charge in [-0.15, -0.1) is 6.58 Å². The zero-order chi connectivity index (χ0) is 30.9. The summed E-state index contributed by atoms with van der Waals surface area (Å²) in [7, 11) is 3.24. The van der Waals surface area contributed by atoms with Crippen molar-refractivity contribution in [3.63, 3.8) is 0 Å². The molecule has 2 heterocycles. The van der Waals surface area contributed by atoms with E-state index in [1.54, 1.807) is 22.0 Å². The van der Waals surface area contributed by atoms with Crippen LogP contribution in [0.15, 0.2) is 79.4 Å². The van der Waals surface area contributed by atoms with E-state index in [4.69, 9.17) is 14.5 Å². The highest BCUT2D eigenvalue weighted by Crippen LogP contribution is 2.45. The van der Waals surface area contributed by atoms with Crippen molar-refractivity contribution in [3.8, 4) is 22.8 Å². The maximum atomic E-state index is 13.7. The zero-order valence-electron chi connectivity index (χ0n) is 24.5. The SMILES string of the molecule is BNC(C(=C)C)C(=O)N1C[C@H](Oc2cc(-c3ccccc3)nc3cc(OC)ccc23)C[C@H]1C(=O)N[C@]1(C(=O)O)C[C@@H]1C=C. The summed E-state index contributed by atoms with van der Waals surface area (Å²) in [6.07, 6.45) is 1.38. The fourth-order valence-electron chi connectivity index (χ4n) is 5.78. The van der Waals surface area contributed by atoms with Crippen LogP contribution in [0.2, 0.25) is 0 Å². The lowest BCUT2D eigenvalue weighted by atomic mass is 10.1. The number of nitrogens with one attached hydrogen (secondary N) is 2. The summed E-state index contributed by atoms with van der Waals surface area (Å²) in [5.74, 6) is -1.20. The molecule has 1 aliphatic heterocycles. The molecule has 2 amide bonds. The highest BCUT2D eigenvalue weighted by atomic mass is 16.5. The molecule has 1 unspecified atom stereocenters. The molecule has 2 aromatic carbocycles. The third-order valence-electron chi connectivity index (χ3n) is 8.25. The number of pyridine rings is 1. The number of carbonyl (C=O) groups is 3. The van der Waals surface area contributed by atoms with Crippen LogP contribution in [-0.4, -0.2) is 78.1 Å². The number of benzene rings is 2. The molecule has 0 radical (unpaired) electrons. The lowest BCUT2D eigenvalue weighted by Crippen LogP contribution is -2.55. The van der Waals surface area contributed by atoms with E-state index in [2.05, 4.69) is 23.7 Å². The predicted molar refractivity (Wildman–Crippen MR) is 165 cm³/mol. The van der Waals surface area contributed by atoms with Gasteiger partial charge in [0.05, 0.1) is 30.9 Å². The van der Waals surface area contributed by atoms with Gasteiger partial charge in [0.1, 0.15) is 29.2 Å². The smallest absolute Gasteiger partial charge is 0.330 e. The number of rotatable bonds is 11. The van der Waals surface area contributed by atoms with Crippen LogP contribution in [0.1, 0.15) is 19.8 Å². The number of ether oxygens (including phenoxy) is 2. The molecular formula is C32H35BN4O6. The Morgan fingerprint density at radius 2 is 1.95 bits per heavy atom. The van der Waals surface area contributed by atoms with E-state index in [9.17, 15) is 19.5 Å². The van der Waals surface area contributed by atoms with Crippen molar-refractivity contribution in [1.29, 1.82) is 0 Å². The van der Waals surface area contributed by atoms with Gasteiger partial charge in [-0.2, -0.15) is 0 Å². The Morgan fingerprint density at radius 1 is 1.21 bits per heavy atom. The van der Waals surface area contributed by atoms with Gasteiger partial charge < -0.3 is 30.0 Å². The number of hydrogen-bond donors (Lipinski definition) is 3. The Morgan fingerprint density at radius 3 is 2.56 bits per heavy atom. The molecule has 1 saturated heterocycles. The molecule has 1 aliphatic carbocycles. The van der Waals surface area contributed by atoms with Crippen molar-refractivity contribution in [2.45, 2.75) is 43.5 Å². The quantitative estimate of drug-likeness (QED) is 0.232. The van der Waals surface area contributed by atoms with Gasteiger partial charge in [-0.3, -0.25) is 9.59 Å². The van der Waals surface area contributed by atoms with Crippen molar-refractivity contribution < 1.29 is 29.0 Å². The number of aromatic nitrogens is 1. The number of fused-ring (bicyclic) bond motifs is 1. The third kappa shape index (κ3) is 5.72. The number of aliphatic carboxylic acids is 1. The Bertz CT molecular complexity index is 1600. The maximum Gasteiger partial charge on any atom is 0.330 e. The van der Waals surface area contributed by atoms with Gasteiger partial charge in [0, 0.05) is 35.4 Å². The van der Waals surface area contributed by atoms with Gasteiger partial charge in [-0.05, 0) is 25.5 Å². The third-order valence-corrected chi connectivity index (χ3v) is 8.25. The van der Waals surface area contributed by atoms with E-state index in [-0.39, 0.29) is 31.2 Å². The topological polar surface area (TPSA) is 130 Å². The Balaban J connectivity index is 1.49. The van der Waals surface area contributed by atoms with Crippen molar-refractivity contribution in [2.24, 2.45) is 5.92 Å². The molecule has 3 aromatic rings. The Hall–Kier alpha value is -4.64. The van der Waals surface area contributed by atoms with E-state index in [0.717, 1.165) is 10.9 Å². The molecule has 0 bridgehead atoms. The van der Waals surface area contributed by atoms with E-state index >= 15 is 0 Å². The molecule has 43 heavy (non-hydrogen) atoms. The fraction of sp³-hybridized carbons (Fsp3) is 0.312. The second-order valence-corrected chi connectivity index (χ2v) is 11.1. The summed E-state index contributed by atoms with van der Waals surface area (Å²) < 4.78 is 12.0. The van der Waals surface area contributed by atoms with Crippen LogP contribution < -0.4 is 20.0 Å². The number of methoxy groups -OCH3 is 1. The monoisotopic (exact) mass is 582 g/mol. The number of amides is 2. The Labute approximate surface area is 251 Å². The van der Waals surface area contributed by atoms with Crippen LogP contribution in [0.5, 0.6) is 11.5 Å². The minimum absolute atomic E-state index is 0.119. The summed E-state index contributed by atoms with van der Waals surface area (Å²) >= 11 is 0. The van der Waals surface area contributed by atoms with Crippen LogP contribution in [-0.2, 0) is 14.4 Å². The van der Waals surface area contributed by atoms with E-state index in [1.807, 2.05) is 54.6 Å². The summed E-state index contributed by atoms with van der Waals surface area (Å²) in [6.45, 7) is 9.48. The molecule has 11 heteroatoms. The minimum atomic E-state index is -1.42. The molecule has 222 valence electrons. The fourth-order valence-corrected chi connectivity index (χ4v) is 5.78. The number of carbonyl (C=O) groups excluding carboxylic acids is 2. The second-order valence-electron chi connectivity index (χ2n) is 11.1. The number of likely N-dealkylation sites (tertiary alicyclic amines) is 1. The largest absolute Gasteiger partial charge is 0.497 e. The molecule has 2 aliphatic rings. The van der Waals surface area contributed by atoms with Crippen LogP contribution in [0.25, 0.3) is 22.2 Å². The van der Waals surface area contributed by atoms with Gasteiger partial charge in [0.15, 0.2) is 7.98 Å². The average Bonchev–Trinajstić information content (AvgIpc) is 3.56. The first-order chi connectivity index (χ1) is 20.6. The number of carboxylic acids is 1. The van der Waals surface area contributed by atoms with E-state index < -0.39 is 35.6 Å². The van der Waals surface area contributed by atoms with Crippen LogP contribution in [0, 0.1) is 5.92 Å². The minimum Gasteiger partial charge on any atom is -0.497 e. The van der Waals surface area contributed by atoms with Gasteiger partial charge in [0.2, 0.25) is 11.8 Å². The van der Waals surface area contributed by atoms with Gasteiger partial charge in [0.25, 0.3) is 0 Å². The van der Waals surface area contributed by atoms with Crippen molar-refractivity contribution >= 4 is 36.7 Å². The number of nitrogens with zero attached hydrogens (tertiary/aromatic N) is 2. The zero-order valence-corrected chi connectivity index (χ0v) is 24.5. The summed E-state index contributed by atoms with van der Waals surface area (Å²) in [5, 5.41) is 16.3. The molecule has 1 aromatic heterocycles. The first-order valence-corrected chi connectivity index (χ1v) is 14.1. The van der Waals surface area contributed by atoms with Crippen LogP contribution >= 0.6 is 0 Å². The highest BCUT2D eigenvalue weighted by Gasteiger charge is 2.61. The molecule has 5 rings (SSSR count). The first kappa shape index (κ1) is 29.8. The van der Waals surface area contributed by atoms with Crippen molar-refractivity contribution in [3.05, 3.63) is 79.4 Å². The number of carboxylic acid groups (broad SMARTS) is 1. The molecule has 10 nitrogen and oxygen atoms in total. The van der Waals surface area contributed by atoms with Gasteiger partial charge in [-0.25, -0.2) is 9.78 Å². The lowest BCUT2D eigenvalue weighted by Gasteiger charge is -2.29. The second kappa shape index (κ2) is 11.9. The molecule has 5 atom stereocenters. The lowest BCUT2D eigenvalue weighted by molar-refractivity contribution is -0.145. The van der Waals surface area contributed by atoms with Crippen LogP contribution in [0.4, 0.5) is 0 Å². The summed E-state index contributed by atoms with van der Waals surface area (Å²) in [5.41, 5.74) is 1.43. The normalized spacial score (nSPS) is 23.3. The summed E-state index contributed by atoms with van der Waals surface area (Å²) in [6, 6.07) is 15.4. The van der Waals surface area contributed by atoms with Gasteiger partial charge >= 0.3 is 5.97 Å². The molecule has 1 saturated carbocycles.